The number of nitrogens with one attached hydrogen (secondary N) is 2. The van der Waals surface area contributed by atoms with Crippen LogP contribution >= 0.6 is 11.6 Å². The largest absolute Gasteiger partial charge is 0.378 e. The van der Waals surface area contributed by atoms with E-state index in [-0.39, 0.29) is 11.9 Å². The Labute approximate surface area is 139 Å². The van der Waals surface area contributed by atoms with Crippen LogP contribution < -0.4 is 10.6 Å². The van der Waals surface area contributed by atoms with Gasteiger partial charge in [0.15, 0.2) is 0 Å². The fraction of sp³-hybridized carbons (Fsp3) is 0.375. The highest BCUT2D eigenvalue weighted by molar-refractivity contribution is 6.30. The zero-order valence-electron chi connectivity index (χ0n) is 12.8. The van der Waals surface area contributed by atoms with E-state index in [0.717, 1.165) is 5.56 Å². The standard InChI is InChI=1S/C16H18ClN3O3/c1-10-13(15(21)20-5-7-23-8-6-20)14(19-16(22)18-10)11-3-2-4-12(17)9-11/h2-4,9,14H,5-8H2,1H3,(H2,18,19,22)/t14-/m1/s1. The first-order chi connectivity index (χ1) is 11.1. The van der Waals surface area contributed by atoms with Crippen molar-refractivity contribution < 1.29 is 14.3 Å². The maximum absolute atomic E-state index is 12.9. The summed E-state index contributed by atoms with van der Waals surface area (Å²) in [5.74, 6) is -0.0942. The number of carbonyl (C=O) groups excluding carboxylic acids is 2. The van der Waals surface area contributed by atoms with Crippen molar-refractivity contribution in [2.24, 2.45) is 0 Å². The zero-order valence-corrected chi connectivity index (χ0v) is 13.5. The van der Waals surface area contributed by atoms with Crippen LogP contribution in [0.1, 0.15) is 18.5 Å². The van der Waals surface area contributed by atoms with Crippen LogP contribution in [-0.4, -0.2) is 43.1 Å². The molecule has 0 aromatic heterocycles. The molecule has 2 aliphatic rings. The van der Waals surface area contributed by atoms with Crippen molar-refractivity contribution >= 4 is 23.5 Å². The normalized spacial score (nSPS) is 21.7. The van der Waals surface area contributed by atoms with Crippen LogP contribution in [0, 0.1) is 0 Å². The molecule has 3 rings (SSSR count). The first-order valence-electron chi connectivity index (χ1n) is 7.47. The molecule has 23 heavy (non-hydrogen) atoms. The van der Waals surface area contributed by atoms with Crippen LogP contribution in [0.2, 0.25) is 5.02 Å². The van der Waals surface area contributed by atoms with E-state index in [2.05, 4.69) is 10.6 Å². The number of hydrogen-bond acceptors (Lipinski definition) is 3. The Morgan fingerprint density at radius 1 is 1.35 bits per heavy atom. The SMILES string of the molecule is CC1=C(C(=O)N2CCOCC2)[C@@H](c2cccc(Cl)c2)NC(=O)N1. The number of urea groups is 1. The van der Waals surface area contributed by atoms with E-state index in [1.165, 1.54) is 0 Å². The van der Waals surface area contributed by atoms with Crippen molar-refractivity contribution in [3.8, 4) is 0 Å². The average Bonchev–Trinajstić information content (AvgIpc) is 2.54. The molecule has 0 bridgehead atoms. The van der Waals surface area contributed by atoms with Crippen LogP contribution in [-0.2, 0) is 9.53 Å². The van der Waals surface area contributed by atoms with E-state index in [4.69, 9.17) is 16.3 Å². The molecule has 1 atom stereocenters. The van der Waals surface area contributed by atoms with Crippen molar-refractivity contribution in [1.29, 1.82) is 0 Å². The maximum Gasteiger partial charge on any atom is 0.319 e. The molecule has 0 radical (unpaired) electrons. The van der Waals surface area contributed by atoms with Gasteiger partial charge < -0.3 is 20.3 Å². The second-order valence-electron chi connectivity index (χ2n) is 5.53. The predicted octanol–water partition coefficient (Wildman–Crippen LogP) is 1.83. The van der Waals surface area contributed by atoms with E-state index in [9.17, 15) is 9.59 Å². The highest BCUT2D eigenvalue weighted by Crippen LogP contribution is 2.29. The molecule has 6 nitrogen and oxygen atoms in total. The van der Waals surface area contributed by atoms with Crippen molar-refractivity contribution in [3.05, 3.63) is 46.1 Å². The summed E-state index contributed by atoms with van der Waals surface area (Å²) in [4.78, 5) is 26.5. The lowest BCUT2D eigenvalue weighted by atomic mass is 9.94. The molecular formula is C16H18ClN3O3. The number of ether oxygens (including phenoxy) is 1. The molecule has 0 saturated carbocycles. The number of amides is 3. The van der Waals surface area contributed by atoms with Gasteiger partial charge in [-0.05, 0) is 24.6 Å². The topological polar surface area (TPSA) is 70.7 Å². The summed E-state index contributed by atoms with van der Waals surface area (Å²) in [5, 5.41) is 6.06. The second-order valence-corrected chi connectivity index (χ2v) is 5.97. The lowest BCUT2D eigenvalue weighted by molar-refractivity contribution is -0.131. The van der Waals surface area contributed by atoms with Gasteiger partial charge in [0, 0.05) is 23.8 Å². The van der Waals surface area contributed by atoms with Gasteiger partial charge in [-0.2, -0.15) is 0 Å². The summed E-state index contributed by atoms with van der Waals surface area (Å²) in [6, 6.07) is 6.33. The van der Waals surface area contributed by atoms with E-state index in [1.807, 2.05) is 6.07 Å². The summed E-state index contributed by atoms with van der Waals surface area (Å²) >= 11 is 6.06. The van der Waals surface area contributed by atoms with Crippen LogP contribution in [0.15, 0.2) is 35.5 Å². The summed E-state index contributed by atoms with van der Waals surface area (Å²) in [6.07, 6.45) is 0. The van der Waals surface area contributed by atoms with Gasteiger partial charge in [-0.15, -0.1) is 0 Å². The highest BCUT2D eigenvalue weighted by Gasteiger charge is 2.34. The van der Waals surface area contributed by atoms with E-state index < -0.39 is 6.04 Å². The van der Waals surface area contributed by atoms with Crippen LogP contribution in [0.25, 0.3) is 0 Å². The van der Waals surface area contributed by atoms with E-state index >= 15 is 0 Å². The van der Waals surface area contributed by atoms with Crippen molar-refractivity contribution in [2.45, 2.75) is 13.0 Å². The number of benzene rings is 1. The van der Waals surface area contributed by atoms with Crippen molar-refractivity contribution in [1.82, 2.24) is 15.5 Å². The minimum Gasteiger partial charge on any atom is -0.378 e. The lowest BCUT2D eigenvalue weighted by Crippen LogP contribution is -2.49. The molecule has 0 spiro atoms. The van der Waals surface area contributed by atoms with Gasteiger partial charge in [0.2, 0.25) is 0 Å². The first kappa shape index (κ1) is 15.8. The average molecular weight is 336 g/mol. The van der Waals surface area contributed by atoms with Crippen molar-refractivity contribution in [2.75, 3.05) is 26.3 Å². The molecular weight excluding hydrogens is 318 g/mol. The van der Waals surface area contributed by atoms with Gasteiger partial charge in [0.1, 0.15) is 0 Å². The Kier molecular flexibility index (Phi) is 4.54. The quantitative estimate of drug-likeness (QED) is 0.866. The molecule has 1 aromatic carbocycles. The van der Waals surface area contributed by atoms with Gasteiger partial charge in [0.05, 0.1) is 24.8 Å². The molecule has 0 aliphatic carbocycles. The second kappa shape index (κ2) is 6.60. The van der Waals surface area contributed by atoms with Gasteiger partial charge in [-0.25, -0.2) is 4.79 Å². The third kappa shape index (κ3) is 3.33. The number of carbonyl (C=O) groups is 2. The predicted molar refractivity (Wildman–Crippen MR) is 86.0 cm³/mol. The highest BCUT2D eigenvalue weighted by atomic mass is 35.5. The zero-order chi connectivity index (χ0) is 16.4. The number of rotatable bonds is 2. The number of hydrogen-bond donors (Lipinski definition) is 2. The molecule has 1 fully saturated rings. The molecule has 1 aromatic rings. The Hall–Kier alpha value is -2.05. The molecule has 3 amide bonds. The Morgan fingerprint density at radius 3 is 2.78 bits per heavy atom. The fourth-order valence-electron chi connectivity index (χ4n) is 2.85. The van der Waals surface area contributed by atoms with Crippen LogP contribution in [0.4, 0.5) is 4.79 Å². The molecule has 1 saturated heterocycles. The first-order valence-corrected chi connectivity index (χ1v) is 7.85. The molecule has 7 heteroatoms. The minimum atomic E-state index is -0.516. The Bertz CT molecular complexity index is 668. The van der Waals surface area contributed by atoms with Gasteiger partial charge in [0.25, 0.3) is 5.91 Å². The maximum atomic E-state index is 12.9. The summed E-state index contributed by atoms with van der Waals surface area (Å²) < 4.78 is 5.30. The molecule has 0 unspecified atom stereocenters. The molecule has 2 aliphatic heterocycles. The molecule has 2 heterocycles. The minimum absolute atomic E-state index is 0.0942. The van der Waals surface area contributed by atoms with E-state index in [0.29, 0.717) is 42.6 Å². The Balaban J connectivity index is 1.97. The third-order valence-electron chi connectivity index (χ3n) is 3.98. The van der Waals surface area contributed by atoms with Crippen LogP contribution in [0.5, 0.6) is 0 Å². The number of nitrogens with zero attached hydrogens (tertiary/aromatic N) is 1. The van der Waals surface area contributed by atoms with Crippen LogP contribution in [0.3, 0.4) is 0 Å². The molecule has 2 N–H and O–H groups in total. The summed E-state index contributed by atoms with van der Waals surface area (Å²) in [5.41, 5.74) is 1.88. The summed E-state index contributed by atoms with van der Waals surface area (Å²) in [7, 11) is 0. The smallest absolute Gasteiger partial charge is 0.319 e. The lowest BCUT2D eigenvalue weighted by Gasteiger charge is -2.34. The molecule has 122 valence electrons. The number of halogens is 1. The Morgan fingerprint density at radius 2 is 2.09 bits per heavy atom. The third-order valence-corrected chi connectivity index (χ3v) is 4.21. The summed E-state index contributed by atoms with van der Waals surface area (Å²) in [6.45, 7) is 3.89. The van der Waals surface area contributed by atoms with E-state index in [1.54, 1.807) is 30.0 Å². The number of allylic oxidation sites excluding steroid dienone is 1. The fourth-order valence-corrected chi connectivity index (χ4v) is 3.05. The van der Waals surface area contributed by atoms with Gasteiger partial charge in [-0.1, -0.05) is 23.7 Å². The monoisotopic (exact) mass is 335 g/mol. The number of morpholine rings is 1. The van der Waals surface area contributed by atoms with Gasteiger partial charge >= 0.3 is 6.03 Å². The van der Waals surface area contributed by atoms with Crippen molar-refractivity contribution in [3.63, 3.8) is 0 Å². The van der Waals surface area contributed by atoms with Gasteiger partial charge in [-0.3, -0.25) is 4.79 Å².